The van der Waals surface area contributed by atoms with Gasteiger partial charge in [-0.05, 0) is 27.6 Å². The summed E-state index contributed by atoms with van der Waals surface area (Å²) >= 11 is 0. The fourth-order valence-corrected chi connectivity index (χ4v) is 5.35. The van der Waals surface area contributed by atoms with Gasteiger partial charge in [0.1, 0.15) is 26.2 Å². The molecule has 3 aromatic rings. The zero-order valence-corrected chi connectivity index (χ0v) is 19.5. The fraction of sp³-hybridized carbons (Fsp3) is 0.462. The van der Waals surface area contributed by atoms with Crippen molar-refractivity contribution in [3.05, 3.63) is 59.7 Å². The van der Waals surface area contributed by atoms with Crippen LogP contribution < -0.4 is 0 Å². The monoisotopic (exact) mass is 438 g/mol. The maximum atomic E-state index is 11.5. The summed E-state index contributed by atoms with van der Waals surface area (Å²) in [6, 6.07) is 16.2. The van der Waals surface area contributed by atoms with Gasteiger partial charge in [0.25, 0.3) is 0 Å². The lowest BCUT2D eigenvalue weighted by molar-refractivity contribution is -0.912. The topological polar surface area (TPSA) is 58.9 Å². The Kier molecular flexibility index (Phi) is 4.91. The van der Waals surface area contributed by atoms with Gasteiger partial charge in [0.15, 0.2) is 0 Å². The Bertz CT molecular complexity index is 1190. The van der Waals surface area contributed by atoms with Crippen molar-refractivity contribution in [3.63, 3.8) is 0 Å². The summed E-state index contributed by atoms with van der Waals surface area (Å²) in [5.74, 6) is -2.61. The van der Waals surface area contributed by atoms with E-state index in [-0.39, 0.29) is 0 Å². The number of hydrogen-bond acceptors (Lipinski definition) is 4. The number of likely N-dealkylation sites (N-methyl/N-ethyl adjacent to an activating group) is 2. The number of ether oxygens (including phenoxy) is 2. The summed E-state index contributed by atoms with van der Waals surface area (Å²) in [5, 5.41) is 26.9. The first kappa shape index (κ1) is 21.8. The van der Waals surface area contributed by atoms with E-state index < -0.39 is 11.6 Å². The first-order valence-corrected chi connectivity index (χ1v) is 11.3. The maximum absolute atomic E-state index is 11.5. The molecule has 0 radical (unpaired) electrons. The quantitative estimate of drug-likeness (QED) is 0.477. The number of morpholine rings is 2. The number of benzene rings is 3. The Labute approximate surface area is 189 Å². The minimum atomic E-state index is -1.32. The summed E-state index contributed by atoms with van der Waals surface area (Å²) in [7, 11) is 8.46. The molecule has 0 aromatic heterocycles. The summed E-state index contributed by atoms with van der Waals surface area (Å²) in [6.45, 7) is 3.81. The van der Waals surface area contributed by atoms with Gasteiger partial charge in [0.2, 0.25) is 11.6 Å². The number of fused-ring (bicyclic) bond motifs is 3. The van der Waals surface area contributed by atoms with Gasteiger partial charge in [-0.2, -0.15) is 0 Å². The third-order valence-corrected chi connectivity index (χ3v) is 7.11. The standard InChI is InChI=1S/C26H34N2O4/c1-27(2)12-14-31-25(29,17-27)20-9-11-21-19(16-20)8-10-23-22(21)6-5-7-24(23)26(30)18-28(3,4)13-15-32-26/h5-11,16,29-30H,12-15,17-18H2,1-4H3/q+2. The lowest BCUT2D eigenvalue weighted by Gasteiger charge is -2.43. The molecule has 2 aliphatic heterocycles. The van der Waals surface area contributed by atoms with Gasteiger partial charge in [-0.25, -0.2) is 0 Å². The van der Waals surface area contributed by atoms with Gasteiger partial charge in [-0.1, -0.05) is 42.5 Å². The van der Waals surface area contributed by atoms with Crippen LogP contribution in [0, 0.1) is 0 Å². The van der Waals surface area contributed by atoms with E-state index in [2.05, 4.69) is 52.5 Å². The molecule has 2 N–H and O–H groups in total. The van der Waals surface area contributed by atoms with Gasteiger partial charge >= 0.3 is 0 Å². The molecule has 2 saturated heterocycles. The largest absolute Gasteiger partial charge is 0.357 e. The second kappa shape index (κ2) is 7.22. The van der Waals surface area contributed by atoms with Crippen LogP contribution in [0.2, 0.25) is 0 Å². The minimum Gasteiger partial charge on any atom is -0.357 e. The number of hydrogen-bond donors (Lipinski definition) is 2. The Morgan fingerprint density at radius 2 is 1.34 bits per heavy atom. The van der Waals surface area contributed by atoms with Crippen LogP contribution in [-0.4, -0.2) is 86.8 Å². The molecule has 2 atom stereocenters. The van der Waals surface area contributed by atoms with Crippen molar-refractivity contribution in [2.45, 2.75) is 11.6 Å². The average Bonchev–Trinajstić information content (AvgIpc) is 2.71. The molecule has 0 saturated carbocycles. The molecule has 0 spiro atoms. The van der Waals surface area contributed by atoms with E-state index in [9.17, 15) is 10.2 Å². The van der Waals surface area contributed by atoms with Gasteiger partial charge in [0, 0.05) is 11.1 Å². The average molecular weight is 439 g/mol. The predicted octanol–water partition coefficient (Wildman–Crippen LogP) is 2.50. The smallest absolute Gasteiger partial charge is 0.244 e. The van der Waals surface area contributed by atoms with Crippen LogP contribution in [-0.2, 0) is 21.0 Å². The highest BCUT2D eigenvalue weighted by Crippen LogP contribution is 2.38. The SMILES string of the molecule is C[N+]1(C)CCOC(O)(c2ccc3c(ccc4c(C5(O)C[N+](C)(C)CCO5)cccc43)c2)C1. The van der Waals surface area contributed by atoms with E-state index in [1.165, 1.54) is 0 Å². The fourth-order valence-electron chi connectivity index (χ4n) is 5.35. The molecule has 6 nitrogen and oxygen atoms in total. The van der Waals surface area contributed by atoms with Gasteiger partial charge in [-0.15, -0.1) is 0 Å². The van der Waals surface area contributed by atoms with E-state index in [1.54, 1.807) is 0 Å². The second-order valence-corrected chi connectivity index (χ2v) is 10.8. The summed E-state index contributed by atoms with van der Waals surface area (Å²) in [6.07, 6.45) is 0. The number of aliphatic hydroxyl groups is 2. The Balaban J connectivity index is 1.60. The molecule has 170 valence electrons. The Hall–Kier alpha value is -2.06. The molecule has 5 rings (SSSR count). The molecule has 0 aliphatic carbocycles. The minimum absolute atomic E-state index is 0.501. The van der Waals surface area contributed by atoms with Crippen LogP contribution >= 0.6 is 0 Å². The van der Waals surface area contributed by atoms with E-state index >= 15 is 0 Å². The van der Waals surface area contributed by atoms with E-state index in [4.69, 9.17) is 9.47 Å². The van der Waals surface area contributed by atoms with E-state index in [0.717, 1.165) is 45.8 Å². The van der Waals surface area contributed by atoms with Gasteiger partial charge < -0.3 is 28.7 Å². The summed E-state index contributed by atoms with van der Waals surface area (Å²) in [5.41, 5.74) is 1.58. The van der Waals surface area contributed by atoms with E-state index in [1.807, 2.05) is 24.3 Å². The van der Waals surface area contributed by atoms with Crippen molar-refractivity contribution in [2.24, 2.45) is 0 Å². The molecule has 2 fully saturated rings. The Morgan fingerprint density at radius 1 is 0.719 bits per heavy atom. The van der Waals surface area contributed by atoms with Crippen molar-refractivity contribution in [2.75, 3.05) is 67.6 Å². The summed E-state index contributed by atoms with van der Waals surface area (Å²) in [4.78, 5) is 0. The maximum Gasteiger partial charge on any atom is 0.244 e. The number of nitrogens with zero attached hydrogens (tertiary/aromatic N) is 2. The molecular formula is C26H34N2O4+2. The van der Waals surface area contributed by atoms with Crippen molar-refractivity contribution < 1.29 is 28.7 Å². The number of rotatable bonds is 2. The van der Waals surface area contributed by atoms with Crippen LogP contribution in [0.1, 0.15) is 11.1 Å². The molecule has 2 aliphatic rings. The molecule has 3 aromatic carbocycles. The van der Waals surface area contributed by atoms with Crippen LogP contribution in [0.25, 0.3) is 21.5 Å². The lowest BCUT2D eigenvalue weighted by atomic mass is 9.91. The zero-order valence-electron chi connectivity index (χ0n) is 19.5. The molecule has 2 unspecified atom stereocenters. The van der Waals surface area contributed by atoms with Crippen molar-refractivity contribution in [3.8, 4) is 0 Å². The van der Waals surface area contributed by atoms with Crippen LogP contribution in [0.3, 0.4) is 0 Å². The van der Waals surface area contributed by atoms with Crippen LogP contribution in [0.15, 0.2) is 48.5 Å². The molecule has 2 heterocycles. The first-order chi connectivity index (χ1) is 15.0. The highest BCUT2D eigenvalue weighted by molar-refractivity contribution is 6.08. The predicted molar refractivity (Wildman–Crippen MR) is 125 cm³/mol. The highest BCUT2D eigenvalue weighted by Gasteiger charge is 2.44. The molecule has 0 bridgehead atoms. The summed E-state index contributed by atoms with van der Waals surface area (Å²) < 4.78 is 13.2. The highest BCUT2D eigenvalue weighted by atomic mass is 16.6. The normalized spacial score (nSPS) is 29.9. The van der Waals surface area contributed by atoms with Crippen molar-refractivity contribution in [1.82, 2.24) is 0 Å². The lowest BCUT2D eigenvalue weighted by Crippen LogP contribution is -2.57. The molecule has 0 amide bonds. The third-order valence-electron chi connectivity index (χ3n) is 7.11. The van der Waals surface area contributed by atoms with Crippen molar-refractivity contribution in [1.29, 1.82) is 0 Å². The van der Waals surface area contributed by atoms with E-state index in [0.29, 0.717) is 35.3 Å². The van der Waals surface area contributed by atoms with Crippen molar-refractivity contribution >= 4 is 21.5 Å². The van der Waals surface area contributed by atoms with Gasteiger partial charge in [0.05, 0.1) is 41.4 Å². The van der Waals surface area contributed by atoms with Crippen LogP contribution in [0.5, 0.6) is 0 Å². The second-order valence-electron chi connectivity index (χ2n) is 10.8. The first-order valence-electron chi connectivity index (χ1n) is 11.3. The molecular weight excluding hydrogens is 404 g/mol. The molecule has 6 heteroatoms. The molecule has 32 heavy (non-hydrogen) atoms. The van der Waals surface area contributed by atoms with Gasteiger partial charge in [-0.3, -0.25) is 0 Å². The zero-order chi connectivity index (χ0) is 22.8. The Morgan fingerprint density at radius 3 is 2.03 bits per heavy atom. The van der Waals surface area contributed by atoms with Crippen LogP contribution in [0.4, 0.5) is 0 Å². The number of quaternary nitrogens is 2. The third kappa shape index (κ3) is 3.71.